The highest BCUT2D eigenvalue weighted by Gasteiger charge is 2.25. The summed E-state index contributed by atoms with van der Waals surface area (Å²) in [5, 5.41) is 1.48. The van der Waals surface area contributed by atoms with Crippen LogP contribution in [0, 0.1) is 25.6 Å². The molecule has 0 spiro atoms. The van der Waals surface area contributed by atoms with Crippen molar-refractivity contribution in [2.45, 2.75) is 13.8 Å². The Bertz CT molecular complexity index is 1230. The molecule has 152 valence electrons. The summed E-state index contributed by atoms with van der Waals surface area (Å²) >= 11 is 0. The second kappa shape index (κ2) is 9.09. The highest BCUT2D eigenvalue weighted by molar-refractivity contribution is 7.83. The van der Waals surface area contributed by atoms with Crippen LogP contribution in [0.4, 0.5) is 11.4 Å². The first-order chi connectivity index (χ1) is 15.1. The molecule has 2 nitrogen and oxygen atoms in total. The second-order valence-corrected chi connectivity index (χ2v) is 9.92. The van der Waals surface area contributed by atoms with Crippen molar-refractivity contribution in [1.29, 1.82) is 0 Å². The normalized spacial score (nSPS) is 10.8. The average molecular weight is 421 g/mol. The average Bonchev–Trinajstić information content (AvgIpc) is 2.83. The summed E-state index contributed by atoms with van der Waals surface area (Å²) in [7, 11) is -3.14. The minimum Gasteiger partial charge on any atom is -0.300 e. The van der Waals surface area contributed by atoms with E-state index in [1.165, 1.54) is 11.1 Å². The highest BCUT2D eigenvalue weighted by atomic mass is 31.2. The zero-order chi connectivity index (χ0) is 21.7. The molecule has 0 bridgehead atoms. The molecule has 0 aromatic heterocycles. The lowest BCUT2D eigenvalue weighted by Gasteiger charge is -2.20. The molecule has 0 unspecified atom stereocenters. The van der Waals surface area contributed by atoms with Gasteiger partial charge in [0.05, 0.1) is 11.4 Å². The Labute approximate surface area is 184 Å². The number of aryl methyl sites for hydroxylation is 2. The standard InChI is InChI=1S/C28H24NOP/c1-23-18-19-26(22-24(23)2)29(25-12-6-3-7-13-25)20-21-31(30,27-14-8-4-9-15-27)28-16-10-5-11-17-28/h3-19,22H,1-2H3. The maximum Gasteiger partial charge on any atom is 0.212 e. The van der Waals surface area contributed by atoms with Gasteiger partial charge in [0.1, 0.15) is 0 Å². The van der Waals surface area contributed by atoms with Crippen LogP contribution >= 0.6 is 7.14 Å². The van der Waals surface area contributed by atoms with Gasteiger partial charge in [0.15, 0.2) is 0 Å². The van der Waals surface area contributed by atoms with E-state index >= 15 is 0 Å². The molecule has 0 amide bonds. The van der Waals surface area contributed by atoms with Crippen LogP contribution in [-0.2, 0) is 4.57 Å². The molecule has 0 fully saturated rings. The van der Waals surface area contributed by atoms with E-state index in [-0.39, 0.29) is 0 Å². The van der Waals surface area contributed by atoms with E-state index < -0.39 is 7.14 Å². The third-order valence-corrected chi connectivity index (χ3v) is 7.79. The van der Waals surface area contributed by atoms with Crippen LogP contribution in [0.2, 0.25) is 0 Å². The summed E-state index contributed by atoms with van der Waals surface area (Å²) in [6.45, 7) is 4.19. The van der Waals surface area contributed by atoms with E-state index in [0.717, 1.165) is 22.0 Å². The van der Waals surface area contributed by atoms with Gasteiger partial charge >= 0.3 is 0 Å². The van der Waals surface area contributed by atoms with Gasteiger partial charge in [-0.05, 0) is 54.9 Å². The summed E-state index contributed by atoms with van der Waals surface area (Å²) < 4.78 is 14.3. The van der Waals surface area contributed by atoms with Crippen LogP contribution in [0.5, 0.6) is 0 Å². The minimum atomic E-state index is -3.14. The van der Waals surface area contributed by atoms with Gasteiger partial charge < -0.3 is 0 Å². The molecule has 0 atom stereocenters. The molecular formula is C28H24NOP. The van der Waals surface area contributed by atoms with E-state index in [1.807, 2.05) is 95.9 Å². The Balaban J connectivity index is 1.88. The molecule has 0 saturated heterocycles. The Morgan fingerprint density at radius 3 is 1.65 bits per heavy atom. The van der Waals surface area contributed by atoms with E-state index in [4.69, 9.17) is 0 Å². The number of hydrogen-bond acceptors (Lipinski definition) is 2. The summed E-state index contributed by atoms with van der Waals surface area (Å²) in [6.07, 6.45) is 0. The van der Waals surface area contributed by atoms with Crippen LogP contribution in [0.1, 0.15) is 11.1 Å². The van der Waals surface area contributed by atoms with Crippen LogP contribution < -0.4 is 15.5 Å². The Hall–Kier alpha value is -3.53. The van der Waals surface area contributed by atoms with Gasteiger partial charge in [0.2, 0.25) is 7.14 Å². The van der Waals surface area contributed by atoms with Crippen molar-refractivity contribution in [2.24, 2.45) is 0 Å². The monoisotopic (exact) mass is 421 g/mol. The second-order valence-electron chi connectivity index (χ2n) is 7.44. The van der Waals surface area contributed by atoms with Crippen molar-refractivity contribution < 1.29 is 4.57 Å². The number of para-hydroxylation sites is 1. The molecule has 31 heavy (non-hydrogen) atoms. The van der Waals surface area contributed by atoms with Crippen molar-refractivity contribution in [1.82, 2.24) is 0 Å². The smallest absolute Gasteiger partial charge is 0.212 e. The lowest BCUT2D eigenvalue weighted by Crippen LogP contribution is -2.16. The van der Waals surface area contributed by atoms with Crippen LogP contribution in [0.3, 0.4) is 0 Å². The molecule has 4 rings (SSSR count). The number of rotatable bonds is 4. The SMILES string of the molecule is Cc1ccc(N(C#CP(=O)(c2ccccc2)c2ccccc2)c2ccccc2)cc1C. The fourth-order valence-corrected chi connectivity index (χ4v) is 5.38. The summed E-state index contributed by atoms with van der Waals surface area (Å²) in [6, 6.07) is 38.6. The topological polar surface area (TPSA) is 20.3 Å². The zero-order valence-electron chi connectivity index (χ0n) is 17.7. The molecule has 4 aromatic carbocycles. The Morgan fingerprint density at radius 1 is 0.613 bits per heavy atom. The Kier molecular flexibility index (Phi) is 6.08. The first-order valence-corrected chi connectivity index (χ1v) is 12.0. The number of hydrogen-bond donors (Lipinski definition) is 0. The largest absolute Gasteiger partial charge is 0.300 e. The lowest BCUT2D eigenvalue weighted by atomic mass is 10.1. The highest BCUT2D eigenvalue weighted by Crippen LogP contribution is 2.42. The first-order valence-electron chi connectivity index (χ1n) is 10.2. The van der Waals surface area contributed by atoms with E-state index in [1.54, 1.807) is 0 Å². The molecule has 0 saturated carbocycles. The number of benzene rings is 4. The van der Waals surface area contributed by atoms with E-state index in [9.17, 15) is 4.57 Å². The molecule has 0 heterocycles. The molecule has 0 N–H and O–H groups in total. The zero-order valence-corrected chi connectivity index (χ0v) is 18.6. The van der Waals surface area contributed by atoms with Crippen molar-refractivity contribution in [2.75, 3.05) is 4.90 Å². The minimum absolute atomic E-state index is 0.738. The fourth-order valence-electron chi connectivity index (χ4n) is 3.39. The summed E-state index contributed by atoms with van der Waals surface area (Å²) in [5.74, 6) is 0. The maximum atomic E-state index is 14.3. The molecule has 3 heteroatoms. The quantitative estimate of drug-likeness (QED) is 0.217. The Morgan fingerprint density at radius 2 is 1.13 bits per heavy atom. The van der Waals surface area contributed by atoms with Gasteiger partial charge in [0, 0.05) is 16.7 Å². The molecule has 4 aromatic rings. The molecule has 0 radical (unpaired) electrons. The fraction of sp³-hybridized carbons (Fsp3) is 0.0714. The van der Waals surface area contributed by atoms with Gasteiger partial charge in [-0.3, -0.25) is 9.46 Å². The van der Waals surface area contributed by atoms with Gasteiger partial charge in [-0.2, -0.15) is 0 Å². The van der Waals surface area contributed by atoms with Gasteiger partial charge in [0.25, 0.3) is 0 Å². The molecular weight excluding hydrogens is 397 g/mol. The van der Waals surface area contributed by atoms with E-state index in [0.29, 0.717) is 0 Å². The van der Waals surface area contributed by atoms with Crippen LogP contribution in [0.25, 0.3) is 0 Å². The first kappa shape index (κ1) is 20.7. The van der Waals surface area contributed by atoms with Crippen molar-refractivity contribution in [3.63, 3.8) is 0 Å². The van der Waals surface area contributed by atoms with Crippen molar-refractivity contribution in [3.05, 3.63) is 120 Å². The number of anilines is 2. The maximum absolute atomic E-state index is 14.3. The third kappa shape index (κ3) is 4.48. The van der Waals surface area contributed by atoms with Crippen molar-refractivity contribution >= 4 is 29.1 Å². The van der Waals surface area contributed by atoms with Gasteiger partial charge in [-0.1, -0.05) is 84.9 Å². The summed E-state index contributed by atoms with van der Waals surface area (Å²) in [4.78, 5) is 1.92. The molecule has 0 aliphatic heterocycles. The third-order valence-electron chi connectivity index (χ3n) is 5.32. The van der Waals surface area contributed by atoms with Crippen LogP contribution in [0.15, 0.2) is 109 Å². The number of nitrogens with zero attached hydrogens (tertiary/aromatic N) is 1. The van der Waals surface area contributed by atoms with E-state index in [2.05, 4.69) is 43.8 Å². The summed E-state index contributed by atoms with van der Waals surface area (Å²) in [5.41, 5.74) is 7.50. The van der Waals surface area contributed by atoms with Gasteiger partial charge in [-0.15, -0.1) is 0 Å². The predicted octanol–water partition coefficient (Wildman–Crippen LogP) is 6.37. The van der Waals surface area contributed by atoms with Crippen molar-refractivity contribution in [3.8, 4) is 11.7 Å². The predicted molar refractivity (Wildman–Crippen MR) is 132 cm³/mol. The van der Waals surface area contributed by atoms with Crippen LogP contribution in [-0.4, -0.2) is 0 Å². The molecule has 0 aliphatic rings. The molecule has 0 aliphatic carbocycles. The lowest BCUT2D eigenvalue weighted by molar-refractivity contribution is 0.593. The van der Waals surface area contributed by atoms with Gasteiger partial charge in [-0.25, -0.2) is 0 Å².